The predicted molar refractivity (Wildman–Crippen MR) is 123 cm³/mol. The van der Waals surface area contributed by atoms with Crippen molar-refractivity contribution in [3.05, 3.63) is 46.2 Å². The lowest BCUT2D eigenvalue weighted by molar-refractivity contribution is 0.0699. The van der Waals surface area contributed by atoms with Gasteiger partial charge in [0.2, 0.25) is 0 Å². The molecule has 0 radical (unpaired) electrons. The van der Waals surface area contributed by atoms with Gasteiger partial charge < -0.3 is 15.4 Å². The maximum absolute atomic E-state index is 12.5. The summed E-state index contributed by atoms with van der Waals surface area (Å²) in [5, 5.41) is 11.3. The van der Waals surface area contributed by atoms with Gasteiger partial charge in [-0.15, -0.1) is 0 Å². The first kappa shape index (κ1) is 20.5. The second-order valence-corrected chi connectivity index (χ2v) is 9.29. The average molecular weight is 484 g/mol. The normalized spacial score (nSPS) is 17.1. The maximum atomic E-state index is 12.5. The summed E-state index contributed by atoms with van der Waals surface area (Å²) in [7, 11) is 0. The van der Waals surface area contributed by atoms with E-state index in [-0.39, 0.29) is 5.91 Å². The molecule has 3 heterocycles. The number of fused-ring (bicyclic) bond motifs is 1. The van der Waals surface area contributed by atoms with E-state index in [1.165, 1.54) is 0 Å². The van der Waals surface area contributed by atoms with Gasteiger partial charge in [0.15, 0.2) is 5.65 Å². The molecule has 2 aliphatic rings. The molecule has 1 aliphatic heterocycles. The Morgan fingerprint density at radius 3 is 2.77 bits per heavy atom. The molecule has 0 bridgehead atoms. The van der Waals surface area contributed by atoms with Gasteiger partial charge in [-0.05, 0) is 78.2 Å². The van der Waals surface area contributed by atoms with Gasteiger partial charge in [-0.1, -0.05) is 6.07 Å². The van der Waals surface area contributed by atoms with Crippen molar-refractivity contribution in [3.8, 4) is 11.3 Å². The number of nitrogens with one attached hydrogen (secondary N) is 2. The van der Waals surface area contributed by atoms with E-state index in [0.29, 0.717) is 12.0 Å². The second kappa shape index (κ2) is 8.59. The van der Waals surface area contributed by atoms with Crippen molar-refractivity contribution in [2.75, 3.05) is 25.1 Å². The fraction of sp³-hybridized carbons (Fsp3) is 0.435. The molecule has 1 amide bonds. The van der Waals surface area contributed by atoms with Crippen LogP contribution in [0.5, 0.6) is 0 Å². The number of nitrogens with zero attached hydrogens (tertiary/aromatic N) is 3. The number of halogens is 1. The Bertz CT molecular complexity index is 1120. The minimum atomic E-state index is 0.00478. The molecule has 0 unspecified atom stereocenters. The summed E-state index contributed by atoms with van der Waals surface area (Å²) in [6.45, 7) is 4.53. The number of aryl methyl sites for hydroxylation is 1. The lowest BCUT2D eigenvalue weighted by Gasteiger charge is -2.22. The summed E-state index contributed by atoms with van der Waals surface area (Å²) in [6.07, 6.45) is 6.16. The van der Waals surface area contributed by atoms with Crippen LogP contribution in [0.25, 0.3) is 16.9 Å². The maximum Gasteiger partial charge on any atom is 0.251 e. The highest BCUT2D eigenvalue weighted by Crippen LogP contribution is 2.28. The Morgan fingerprint density at radius 1 is 1.23 bits per heavy atom. The van der Waals surface area contributed by atoms with Crippen LogP contribution in [-0.4, -0.2) is 46.3 Å². The second-order valence-electron chi connectivity index (χ2n) is 8.47. The number of anilines is 1. The quantitative estimate of drug-likeness (QED) is 0.549. The van der Waals surface area contributed by atoms with E-state index in [2.05, 4.69) is 36.6 Å². The Balaban J connectivity index is 1.41. The van der Waals surface area contributed by atoms with Crippen LogP contribution in [0.15, 0.2) is 35.1 Å². The molecule has 2 fully saturated rings. The summed E-state index contributed by atoms with van der Waals surface area (Å²) in [6, 6.07) is 8.21. The highest BCUT2D eigenvalue weighted by atomic mass is 79.9. The molecule has 1 aromatic carbocycles. The van der Waals surface area contributed by atoms with Crippen LogP contribution in [0.4, 0.5) is 5.69 Å². The van der Waals surface area contributed by atoms with Gasteiger partial charge in [-0.2, -0.15) is 5.10 Å². The zero-order valence-corrected chi connectivity index (χ0v) is 19.1. The topological polar surface area (TPSA) is 80.6 Å². The van der Waals surface area contributed by atoms with E-state index < -0.39 is 0 Å². The molecule has 0 atom stereocenters. The average Bonchev–Trinajstić information content (AvgIpc) is 3.48. The fourth-order valence-corrected chi connectivity index (χ4v) is 4.43. The van der Waals surface area contributed by atoms with Gasteiger partial charge in [0.1, 0.15) is 4.60 Å². The summed E-state index contributed by atoms with van der Waals surface area (Å²) in [5.74, 6) is 0.609. The standard InChI is InChI=1S/C23H26BrN5O2/c1-14-10-16(2-5-18(14)23(30)27-17-3-4-17)20-13-26-22-19(11-21(24)28-29(20)22)25-12-15-6-8-31-9-7-15/h2,5,10-11,13,15,17,25H,3-4,6-9,12H2,1H3,(H,27,30). The van der Waals surface area contributed by atoms with E-state index in [1.807, 2.05) is 41.9 Å². The summed E-state index contributed by atoms with van der Waals surface area (Å²) >= 11 is 3.54. The van der Waals surface area contributed by atoms with Gasteiger partial charge in [0, 0.05) is 36.9 Å². The molecule has 7 nitrogen and oxygen atoms in total. The smallest absolute Gasteiger partial charge is 0.251 e. The minimum absolute atomic E-state index is 0.00478. The van der Waals surface area contributed by atoms with E-state index in [1.54, 1.807) is 0 Å². The lowest BCUT2D eigenvalue weighted by Crippen LogP contribution is -2.26. The molecule has 8 heteroatoms. The number of imidazole rings is 1. The van der Waals surface area contributed by atoms with Crippen LogP contribution in [-0.2, 0) is 4.74 Å². The lowest BCUT2D eigenvalue weighted by atomic mass is 10.0. The number of amides is 1. The SMILES string of the molecule is Cc1cc(-c2cnc3c(NCC4CCOCC4)cc(Br)nn23)ccc1C(=O)NC1CC1. The Kier molecular flexibility index (Phi) is 5.67. The molecule has 0 spiro atoms. The number of hydrogen-bond acceptors (Lipinski definition) is 5. The van der Waals surface area contributed by atoms with Crippen molar-refractivity contribution < 1.29 is 9.53 Å². The highest BCUT2D eigenvalue weighted by molar-refractivity contribution is 9.10. The molecule has 3 aromatic rings. The van der Waals surface area contributed by atoms with Crippen molar-refractivity contribution in [1.82, 2.24) is 19.9 Å². The summed E-state index contributed by atoms with van der Waals surface area (Å²) < 4.78 is 8.06. The van der Waals surface area contributed by atoms with Crippen molar-refractivity contribution in [1.29, 1.82) is 0 Å². The molecule has 2 aromatic heterocycles. The van der Waals surface area contributed by atoms with Crippen LogP contribution >= 0.6 is 15.9 Å². The van der Waals surface area contributed by atoms with Gasteiger partial charge >= 0.3 is 0 Å². The van der Waals surface area contributed by atoms with Gasteiger partial charge in [0.05, 0.1) is 17.6 Å². The van der Waals surface area contributed by atoms with Crippen molar-refractivity contribution in [2.45, 2.75) is 38.6 Å². The summed E-state index contributed by atoms with van der Waals surface area (Å²) in [5.41, 5.74) is 5.28. The molecule has 1 aliphatic carbocycles. The number of rotatable bonds is 6. The monoisotopic (exact) mass is 483 g/mol. The highest BCUT2D eigenvalue weighted by Gasteiger charge is 2.24. The van der Waals surface area contributed by atoms with Crippen LogP contribution in [0, 0.1) is 12.8 Å². The predicted octanol–water partition coefficient (Wildman–Crippen LogP) is 4.20. The fourth-order valence-electron chi connectivity index (χ4n) is 4.04. The van der Waals surface area contributed by atoms with Crippen LogP contribution < -0.4 is 10.6 Å². The van der Waals surface area contributed by atoms with Crippen LogP contribution in [0.2, 0.25) is 0 Å². The van der Waals surface area contributed by atoms with Gasteiger partial charge in [-0.25, -0.2) is 9.50 Å². The molecule has 1 saturated heterocycles. The molecule has 31 heavy (non-hydrogen) atoms. The third-order valence-electron chi connectivity index (χ3n) is 6.04. The number of carbonyl (C=O) groups is 1. The third kappa shape index (κ3) is 4.45. The van der Waals surface area contributed by atoms with E-state index in [4.69, 9.17) is 4.74 Å². The Morgan fingerprint density at radius 2 is 2.03 bits per heavy atom. The van der Waals surface area contributed by atoms with Gasteiger partial charge in [0.25, 0.3) is 5.91 Å². The van der Waals surface area contributed by atoms with Gasteiger partial charge in [-0.3, -0.25) is 4.79 Å². The van der Waals surface area contributed by atoms with Crippen LogP contribution in [0.3, 0.4) is 0 Å². The van der Waals surface area contributed by atoms with E-state index >= 15 is 0 Å². The molecule has 162 valence electrons. The molecular formula is C23H26BrN5O2. The number of ether oxygens (including phenoxy) is 1. The number of benzene rings is 1. The van der Waals surface area contributed by atoms with Crippen LogP contribution in [0.1, 0.15) is 41.6 Å². The van der Waals surface area contributed by atoms with Crippen molar-refractivity contribution in [2.24, 2.45) is 5.92 Å². The Labute approximate surface area is 189 Å². The van der Waals surface area contributed by atoms with E-state index in [9.17, 15) is 4.79 Å². The van der Waals surface area contributed by atoms with Crippen molar-refractivity contribution in [3.63, 3.8) is 0 Å². The third-order valence-corrected chi connectivity index (χ3v) is 6.43. The zero-order chi connectivity index (χ0) is 21.4. The minimum Gasteiger partial charge on any atom is -0.382 e. The first-order valence-corrected chi connectivity index (χ1v) is 11.7. The number of aromatic nitrogens is 3. The number of hydrogen-bond donors (Lipinski definition) is 2. The zero-order valence-electron chi connectivity index (χ0n) is 17.5. The molecule has 5 rings (SSSR count). The summed E-state index contributed by atoms with van der Waals surface area (Å²) in [4.78, 5) is 17.1. The Hall–Kier alpha value is -2.45. The van der Waals surface area contributed by atoms with Crippen molar-refractivity contribution >= 4 is 33.2 Å². The molecular weight excluding hydrogens is 458 g/mol. The molecule has 1 saturated carbocycles. The number of carbonyl (C=O) groups excluding carboxylic acids is 1. The largest absolute Gasteiger partial charge is 0.382 e. The first-order valence-electron chi connectivity index (χ1n) is 10.9. The first-order chi connectivity index (χ1) is 15.1. The van der Waals surface area contributed by atoms with E-state index in [0.717, 1.165) is 83.8 Å². The molecule has 2 N–H and O–H groups in total.